The predicted octanol–water partition coefficient (Wildman–Crippen LogP) is 2.86. The van der Waals surface area contributed by atoms with Crippen LogP contribution in [0.5, 0.6) is 0 Å². The van der Waals surface area contributed by atoms with E-state index in [1.807, 2.05) is 6.92 Å². The van der Waals surface area contributed by atoms with Gasteiger partial charge in [0.2, 0.25) is 0 Å². The van der Waals surface area contributed by atoms with Gasteiger partial charge in [0.25, 0.3) is 0 Å². The van der Waals surface area contributed by atoms with Crippen LogP contribution in [-0.2, 0) is 19.1 Å². The molecule has 0 saturated heterocycles. The van der Waals surface area contributed by atoms with Crippen LogP contribution in [0.3, 0.4) is 0 Å². The lowest BCUT2D eigenvalue weighted by atomic mass is 9.97. The van der Waals surface area contributed by atoms with Gasteiger partial charge in [0, 0.05) is 13.8 Å². The first-order valence-corrected chi connectivity index (χ1v) is 6.29. The van der Waals surface area contributed by atoms with Crippen LogP contribution >= 0.6 is 0 Å². The average molecular weight is 256 g/mol. The van der Waals surface area contributed by atoms with Gasteiger partial charge in [-0.1, -0.05) is 13.5 Å². The van der Waals surface area contributed by atoms with Gasteiger partial charge in [-0.2, -0.15) is 0 Å². The van der Waals surface area contributed by atoms with E-state index in [4.69, 9.17) is 9.47 Å². The Balaban J connectivity index is 3.92. The minimum atomic E-state index is -0.282. The molecule has 0 heterocycles. The molecule has 0 aromatic carbocycles. The highest BCUT2D eigenvalue weighted by Gasteiger charge is 2.14. The molecule has 0 rings (SSSR count). The molecule has 0 amide bonds. The first kappa shape index (κ1) is 16.7. The Labute approximate surface area is 109 Å². The second-order valence-electron chi connectivity index (χ2n) is 4.76. The third kappa shape index (κ3) is 8.79. The van der Waals surface area contributed by atoms with Crippen molar-refractivity contribution in [2.45, 2.75) is 53.1 Å². The summed E-state index contributed by atoms with van der Waals surface area (Å²) in [6.07, 6.45) is 2.28. The molecule has 0 spiro atoms. The van der Waals surface area contributed by atoms with Crippen molar-refractivity contribution >= 4 is 11.9 Å². The zero-order valence-electron chi connectivity index (χ0n) is 11.8. The number of ether oxygens (including phenoxy) is 2. The van der Waals surface area contributed by atoms with Gasteiger partial charge in [0.1, 0.15) is 6.10 Å². The highest BCUT2D eigenvalue weighted by molar-refractivity contribution is 5.66. The maximum atomic E-state index is 10.9. The lowest BCUT2D eigenvalue weighted by Gasteiger charge is -2.19. The van der Waals surface area contributed by atoms with Crippen LogP contribution in [0.15, 0.2) is 12.2 Å². The van der Waals surface area contributed by atoms with Crippen LogP contribution in [0.1, 0.15) is 47.0 Å². The Kier molecular flexibility index (Phi) is 8.08. The second-order valence-corrected chi connectivity index (χ2v) is 4.76. The lowest BCUT2D eigenvalue weighted by Crippen LogP contribution is -2.18. The smallest absolute Gasteiger partial charge is 0.303 e. The first-order valence-electron chi connectivity index (χ1n) is 6.29. The molecule has 0 N–H and O–H groups in total. The largest absolute Gasteiger partial charge is 0.466 e. The molecule has 2 unspecified atom stereocenters. The third-order valence-corrected chi connectivity index (χ3v) is 2.70. The van der Waals surface area contributed by atoms with Crippen LogP contribution < -0.4 is 0 Å². The van der Waals surface area contributed by atoms with Crippen molar-refractivity contribution in [2.75, 3.05) is 6.61 Å². The van der Waals surface area contributed by atoms with E-state index >= 15 is 0 Å². The number of carbonyl (C=O) groups is 2. The monoisotopic (exact) mass is 256 g/mol. The SMILES string of the molecule is C=C(C)C(CCC(C)CCOC(C)=O)OC(C)=O. The number of hydrogen-bond donors (Lipinski definition) is 0. The zero-order valence-corrected chi connectivity index (χ0v) is 11.8. The summed E-state index contributed by atoms with van der Waals surface area (Å²) in [6, 6.07) is 0. The fourth-order valence-electron chi connectivity index (χ4n) is 1.59. The van der Waals surface area contributed by atoms with E-state index in [1.54, 1.807) is 0 Å². The zero-order chi connectivity index (χ0) is 14.1. The van der Waals surface area contributed by atoms with Crippen molar-refractivity contribution in [1.29, 1.82) is 0 Å². The number of rotatable bonds is 8. The van der Waals surface area contributed by atoms with Crippen LogP contribution in [-0.4, -0.2) is 24.6 Å². The second kappa shape index (κ2) is 8.72. The maximum Gasteiger partial charge on any atom is 0.303 e. The van der Waals surface area contributed by atoms with E-state index in [2.05, 4.69) is 13.5 Å². The highest BCUT2D eigenvalue weighted by Crippen LogP contribution is 2.17. The Morgan fingerprint density at radius 2 is 1.67 bits per heavy atom. The van der Waals surface area contributed by atoms with Crippen molar-refractivity contribution < 1.29 is 19.1 Å². The molecule has 0 aromatic rings. The van der Waals surface area contributed by atoms with Crippen LogP contribution in [0.4, 0.5) is 0 Å². The molecule has 0 radical (unpaired) electrons. The molecule has 4 nitrogen and oxygen atoms in total. The number of esters is 2. The van der Waals surface area contributed by atoms with Crippen molar-refractivity contribution in [3.8, 4) is 0 Å². The van der Waals surface area contributed by atoms with Gasteiger partial charge in [0.05, 0.1) is 6.61 Å². The van der Waals surface area contributed by atoms with E-state index in [1.165, 1.54) is 13.8 Å². The Morgan fingerprint density at radius 3 is 2.11 bits per heavy atom. The minimum absolute atomic E-state index is 0.210. The number of hydrogen-bond acceptors (Lipinski definition) is 4. The average Bonchev–Trinajstić information content (AvgIpc) is 2.22. The van der Waals surface area contributed by atoms with E-state index in [9.17, 15) is 9.59 Å². The molecular formula is C14H24O4. The van der Waals surface area contributed by atoms with Gasteiger partial charge in [-0.3, -0.25) is 9.59 Å². The van der Waals surface area contributed by atoms with Gasteiger partial charge in [-0.25, -0.2) is 0 Å². The fraction of sp³-hybridized carbons (Fsp3) is 0.714. The molecule has 0 aliphatic carbocycles. The van der Waals surface area contributed by atoms with Crippen LogP contribution in [0, 0.1) is 5.92 Å². The summed E-state index contributed by atoms with van der Waals surface area (Å²) in [5, 5.41) is 0. The van der Waals surface area contributed by atoms with Crippen molar-refractivity contribution in [3.63, 3.8) is 0 Å². The Morgan fingerprint density at radius 1 is 1.06 bits per heavy atom. The highest BCUT2D eigenvalue weighted by atomic mass is 16.5. The first-order chi connectivity index (χ1) is 8.32. The van der Waals surface area contributed by atoms with Gasteiger partial charge in [-0.05, 0) is 37.7 Å². The van der Waals surface area contributed by atoms with Crippen LogP contribution in [0.25, 0.3) is 0 Å². The number of carbonyl (C=O) groups excluding carboxylic acids is 2. The minimum Gasteiger partial charge on any atom is -0.466 e. The molecule has 0 aliphatic rings. The van der Waals surface area contributed by atoms with Crippen molar-refractivity contribution in [3.05, 3.63) is 12.2 Å². The summed E-state index contributed by atoms with van der Waals surface area (Å²) in [7, 11) is 0. The molecule has 0 fully saturated rings. The summed E-state index contributed by atoms with van der Waals surface area (Å²) in [5.41, 5.74) is 0.859. The molecular weight excluding hydrogens is 232 g/mol. The Bertz CT molecular complexity index is 296. The van der Waals surface area contributed by atoms with Gasteiger partial charge < -0.3 is 9.47 Å². The topological polar surface area (TPSA) is 52.6 Å². The summed E-state index contributed by atoms with van der Waals surface area (Å²) in [6.45, 7) is 11.0. The maximum absolute atomic E-state index is 10.9. The quantitative estimate of drug-likeness (QED) is 0.495. The van der Waals surface area contributed by atoms with Gasteiger partial charge in [-0.15, -0.1) is 0 Å². The molecule has 18 heavy (non-hydrogen) atoms. The third-order valence-electron chi connectivity index (χ3n) is 2.70. The molecule has 0 saturated carbocycles. The normalized spacial score (nSPS) is 13.6. The summed E-state index contributed by atoms with van der Waals surface area (Å²) >= 11 is 0. The van der Waals surface area contributed by atoms with Gasteiger partial charge in [0.15, 0.2) is 0 Å². The molecule has 2 atom stereocenters. The molecule has 4 heteroatoms. The standard InChI is InChI=1S/C14H24O4/c1-10(2)14(18-13(5)16)7-6-11(3)8-9-17-12(4)15/h11,14H,1,6-9H2,2-5H3. The summed E-state index contributed by atoms with van der Waals surface area (Å²) in [5.74, 6) is -0.112. The predicted molar refractivity (Wildman–Crippen MR) is 70.0 cm³/mol. The van der Waals surface area contributed by atoms with Crippen LogP contribution in [0.2, 0.25) is 0 Å². The molecule has 0 bridgehead atoms. The van der Waals surface area contributed by atoms with E-state index in [0.29, 0.717) is 12.5 Å². The molecule has 0 aliphatic heterocycles. The van der Waals surface area contributed by atoms with Crippen molar-refractivity contribution in [1.82, 2.24) is 0 Å². The summed E-state index contributed by atoms with van der Waals surface area (Å²) in [4.78, 5) is 21.5. The van der Waals surface area contributed by atoms with Gasteiger partial charge >= 0.3 is 11.9 Å². The lowest BCUT2D eigenvalue weighted by molar-refractivity contribution is -0.145. The van der Waals surface area contributed by atoms with E-state index in [-0.39, 0.29) is 18.0 Å². The fourth-order valence-corrected chi connectivity index (χ4v) is 1.59. The molecule has 104 valence electrons. The Hall–Kier alpha value is -1.32. The summed E-state index contributed by atoms with van der Waals surface area (Å²) < 4.78 is 10.1. The molecule has 0 aromatic heterocycles. The van der Waals surface area contributed by atoms with E-state index < -0.39 is 0 Å². The van der Waals surface area contributed by atoms with E-state index in [0.717, 1.165) is 24.8 Å². The van der Waals surface area contributed by atoms with Crippen molar-refractivity contribution in [2.24, 2.45) is 5.92 Å².